The second kappa shape index (κ2) is 7.70. The normalized spacial score (nSPS) is 18.8. The largest absolute Gasteiger partial charge is 0.348 e. The molecule has 0 saturated carbocycles. The monoisotopic (exact) mass is 289 g/mol. The fourth-order valence-electron chi connectivity index (χ4n) is 2.06. The van der Waals surface area contributed by atoms with E-state index < -0.39 is 0 Å². The number of carbonyl (C=O) groups excluding carboxylic acids is 2. The van der Waals surface area contributed by atoms with Crippen molar-refractivity contribution in [1.29, 1.82) is 0 Å². The van der Waals surface area contributed by atoms with Crippen LogP contribution >= 0.6 is 11.6 Å². The quantitative estimate of drug-likeness (QED) is 0.707. The molecule has 1 unspecified atom stereocenters. The van der Waals surface area contributed by atoms with Crippen molar-refractivity contribution in [3.63, 3.8) is 0 Å². The van der Waals surface area contributed by atoms with E-state index in [2.05, 4.69) is 4.90 Å². The van der Waals surface area contributed by atoms with Gasteiger partial charge in [0.1, 0.15) is 0 Å². The highest BCUT2D eigenvalue weighted by Gasteiger charge is 2.23. The van der Waals surface area contributed by atoms with Crippen molar-refractivity contribution >= 4 is 23.4 Å². The van der Waals surface area contributed by atoms with Crippen LogP contribution in [0.5, 0.6) is 0 Å². The molecule has 1 saturated heterocycles. The molecule has 1 rings (SSSR count). The first-order chi connectivity index (χ1) is 8.95. The molecular formula is C13H24ClN3O2. The van der Waals surface area contributed by atoms with Crippen molar-refractivity contribution in [2.75, 3.05) is 52.7 Å². The second-order valence-electron chi connectivity index (χ2n) is 5.30. The number of amides is 2. The maximum absolute atomic E-state index is 12.1. The molecule has 0 aromatic rings. The highest BCUT2D eigenvalue weighted by atomic mass is 35.5. The third kappa shape index (κ3) is 4.99. The summed E-state index contributed by atoms with van der Waals surface area (Å²) in [4.78, 5) is 29.3. The van der Waals surface area contributed by atoms with Gasteiger partial charge in [-0.25, -0.2) is 0 Å². The van der Waals surface area contributed by atoms with Crippen molar-refractivity contribution in [1.82, 2.24) is 14.7 Å². The number of hydrogen-bond donors (Lipinski definition) is 0. The summed E-state index contributed by atoms with van der Waals surface area (Å²) in [6.07, 6.45) is 0.904. The smallest absolute Gasteiger partial charge is 0.236 e. The Hall–Kier alpha value is -0.810. The van der Waals surface area contributed by atoms with Crippen LogP contribution in [0.15, 0.2) is 0 Å². The van der Waals surface area contributed by atoms with E-state index in [0.717, 1.165) is 26.1 Å². The van der Waals surface area contributed by atoms with Crippen LogP contribution in [0.4, 0.5) is 0 Å². The summed E-state index contributed by atoms with van der Waals surface area (Å²) in [6.45, 7) is 5.33. The number of nitrogens with zero attached hydrogens (tertiary/aromatic N) is 3. The van der Waals surface area contributed by atoms with Gasteiger partial charge in [0.05, 0.1) is 6.54 Å². The minimum Gasteiger partial charge on any atom is -0.348 e. The van der Waals surface area contributed by atoms with Gasteiger partial charge in [-0.3, -0.25) is 14.5 Å². The van der Waals surface area contributed by atoms with Crippen LogP contribution in [-0.4, -0.2) is 79.2 Å². The predicted octanol–water partition coefficient (Wildman–Crippen LogP) is 0.484. The van der Waals surface area contributed by atoms with Crippen molar-refractivity contribution in [3.8, 4) is 0 Å². The molecule has 1 heterocycles. The van der Waals surface area contributed by atoms with E-state index in [-0.39, 0.29) is 17.7 Å². The number of hydrogen-bond acceptors (Lipinski definition) is 3. The summed E-state index contributed by atoms with van der Waals surface area (Å²) in [5.41, 5.74) is 0. The molecule has 5 nitrogen and oxygen atoms in total. The van der Waals surface area contributed by atoms with E-state index in [1.165, 1.54) is 0 Å². The fourth-order valence-corrected chi connectivity index (χ4v) is 2.19. The van der Waals surface area contributed by atoms with E-state index in [1.54, 1.807) is 19.0 Å². The summed E-state index contributed by atoms with van der Waals surface area (Å²) in [6, 6.07) is 0. The standard InChI is InChI=1S/C13H24ClN3O2/c1-11(9-14)13(19)17-6-4-5-16(7-8-17)10-12(18)15(2)3/h11H,4-10H2,1-3H3. The third-order valence-corrected chi connectivity index (χ3v) is 3.87. The van der Waals surface area contributed by atoms with Gasteiger partial charge in [0.15, 0.2) is 0 Å². The lowest BCUT2D eigenvalue weighted by Gasteiger charge is -2.24. The van der Waals surface area contributed by atoms with Gasteiger partial charge in [-0.15, -0.1) is 11.6 Å². The van der Waals surface area contributed by atoms with Crippen LogP contribution in [0.2, 0.25) is 0 Å². The van der Waals surface area contributed by atoms with Crippen LogP contribution in [0.25, 0.3) is 0 Å². The summed E-state index contributed by atoms with van der Waals surface area (Å²) < 4.78 is 0. The molecule has 6 heteroatoms. The lowest BCUT2D eigenvalue weighted by Crippen LogP contribution is -2.41. The lowest BCUT2D eigenvalue weighted by molar-refractivity contribution is -0.134. The van der Waals surface area contributed by atoms with Crippen LogP contribution < -0.4 is 0 Å². The molecule has 0 aromatic carbocycles. The van der Waals surface area contributed by atoms with Crippen LogP contribution in [-0.2, 0) is 9.59 Å². The summed E-state index contributed by atoms with van der Waals surface area (Å²) in [5, 5.41) is 0. The Morgan fingerprint density at radius 1 is 1.21 bits per heavy atom. The molecule has 19 heavy (non-hydrogen) atoms. The van der Waals surface area contributed by atoms with Crippen LogP contribution in [0.1, 0.15) is 13.3 Å². The van der Waals surface area contributed by atoms with Gasteiger partial charge >= 0.3 is 0 Å². The predicted molar refractivity (Wildman–Crippen MR) is 76.2 cm³/mol. The highest BCUT2D eigenvalue weighted by molar-refractivity contribution is 6.19. The zero-order chi connectivity index (χ0) is 14.4. The van der Waals surface area contributed by atoms with Crippen LogP contribution in [0.3, 0.4) is 0 Å². The first-order valence-corrected chi connectivity index (χ1v) is 7.26. The topological polar surface area (TPSA) is 43.9 Å². The SMILES string of the molecule is CC(CCl)C(=O)N1CCCN(CC(=O)N(C)C)CC1. The molecule has 1 atom stereocenters. The van der Waals surface area contributed by atoms with Crippen molar-refractivity contribution in [2.45, 2.75) is 13.3 Å². The van der Waals surface area contributed by atoms with E-state index in [4.69, 9.17) is 11.6 Å². The Morgan fingerprint density at radius 3 is 2.47 bits per heavy atom. The van der Waals surface area contributed by atoms with E-state index in [0.29, 0.717) is 19.0 Å². The first kappa shape index (κ1) is 16.2. The zero-order valence-corrected chi connectivity index (χ0v) is 12.8. The van der Waals surface area contributed by atoms with Gasteiger partial charge in [0.2, 0.25) is 11.8 Å². The molecule has 0 bridgehead atoms. The summed E-state index contributed by atoms with van der Waals surface area (Å²) in [7, 11) is 3.52. The Labute approximate surface area is 120 Å². The molecular weight excluding hydrogens is 266 g/mol. The summed E-state index contributed by atoms with van der Waals surface area (Å²) >= 11 is 5.73. The fraction of sp³-hybridized carbons (Fsp3) is 0.846. The molecule has 2 amide bonds. The summed E-state index contributed by atoms with van der Waals surface area (Å²) in [5.74, 6) is 0.458. The second-order valence-corrected chi connectivity index (χ2v) is 5.61. The molecule has 0 N–H and O–H groups in total. The maximum atomic E-state index is 12.1. The first-order valence-electron chi connectivity index (χ1n) is 6.73. The van der Waals surface area contributed by atoms with Crippen LogP contribution in [0, 0.1) is 5.92 Å². The van der Waals surface area contributed by atoms with Gasteiger partial charge < -0.3 is 9.80 Å². The van der Waals surface area contributed by atoms with Gasteiger partial charge in [-0.05, 0) is 6.42 Å². The highest BCUT2D eigenvalue weighted by Crippen LogP contribution is 2.09. The Morgan fingerprint density at radius 2 is 1.89 bits per heavy atom. The molecule has 0 aliphatic carbocycles. The average molecular weight is 290 g/mol. The lowest BCUT2D eigenvalue weighted by atomic mass is 10.2. The molecule has 1 aliphatic rings. The van der Waals surface area contributed by atoms with E-state index >= 15 is 0 Å². The molecule has 0 aromatic heterocycles. The Kier molecular flexibility index (Phi) is 6.58. The minimum atomic E-state index is -0.128. The Bertz CT molecular complexity index is 323. The number of rotatable bonds is 4. The van der Waals surface area contributed by atoms with Crippen molar-refractivity contribution < 1.29 is 9.59 Å². The zero-order valence-electron chi connectivity index (χ0n) is 12.1. The number of likely N-dealkylation sites (N-methyl/N-ethyl adjacent to an activating group) is 1. The van der Waals surface area contributed by atoms with Gasteiger partial charge in [-0.2, -0.15) is 0 Å². The third-order valence-electron chi connectivity index (χ3n) is 3.41. The number of alkyl halides is 1. The average Bonchev–Trinajstić information content (AvgIpc) is 2.62. The molecule has 0 spiro atoms. The number of carbonyl (C=O) groups is 2. The van der Waals surface area contributed by atoms with Crippen molar-refractivity contribution in [2.24, 2.45) is 5.92 Å². The van der Waals surface area contributed by atoms with E-state index in [1.807, 2.05) is 11.8 Å². The maximum Gasteiger partial charge on any atom is 0.236 e. The van der Waals surface area contributed by atoms with E-state index in [9.17, 15) is 9.59 Å². The molecule has 0 radical (unpaired) electrons. The van der Waals surface area contributed by atoms with Gasteiger partial charge in [0, 0.05) is 52.1 Å². The van der Waals surface area contributed by atoms with Gasteiger partial charge in [0.25, 0.3) is 0 Å². The van der Waals surface area contributed by atoms with Crippen molar-refractivity contribution in [3.05, 3.63) is 0 Å². The number of halogens is 1. The Balaban J connectivity index is 2.47. The minimum absolute atomic E-state index is 0.105. The van der Waals surface area contributed by atoms with Gasteiger partial charge in [-0.1, -0.05) is 6.92 Å². The molecule has 1 fully saturated rings. The molecule has 110 valence electrons. The molecule has 1 aliphatic heterocycles.